The number of rotatable bonds is 3. The molecule has 4 heterocycles. The minimum atomic E-state index is -3.60. The molecule has 0 radical (unpaired) electrons. The van der Waals surface area contributed by atoms with Crippen LogP contribution in [0.1, 0.15) is 38.7 Å². The van der Waals surface area contributed by atoms with Crippen LogP contribution in [0.25, 0.3) is 11.0 Å². The first-order valence-electron chi connectivity index (χ1n) is 10.5. The second-order valence-electron chi connectivity index (χ2n) is 8.37. The van der Waals surface area contributed by atoms with Crippen molar-refractivity contribution in [2.24, 2.45) is 10.7 Å². The number of hydrogen-bond donors (Lipinski definition) is 2. The van der Waals surface area contributed by atoms with Gasteiger partial charge < -0.3 is 11.1 Å². The highest BCUT2D eigenvalue weighted by Gasteiger charge is 2.43. The van der Waals surface area contributed by atoms with Crippen molar-refractivity contribution < 1.29 is 17.2 Å². The highest BCUT2D eigenvalue weighted by molar-refractivity contribution is 7.92. The number of hydrogen-bond acceptors (Lipinski definition) is 8. The van der Waals surface area contributed by atoms with E-state index in [9.17, 15) is 17.2 Å². The zero-order valence-electron chi connectivity index (χ0n) is 18.2. The van der Waals surface area contributed by atoms with Crippen LogP contribution in [0, 0.1) is 11.6 Å². The van der Waals surface area contributed by atoms with Crippen LogP contribution in [0.3, 0.4) is 0 Å². The molecule has 5 rings (SSSR count). The molecule has 3 aromatic rings. The van der Waals surface area contributed by atoms with Crippen LogP contribution in [-0.4, -0.2) is 40.2 Å². The lowest BCUT2D eigenvalue weighted by Gasteiger charge is -2.33. The number of amidine groups is 1. The summed E-state index contributed by atoms with van der Waals surface area (Å²) in [4.78, 5) is 16.4. The summed E-state index contributed by atoms with van der Waals surface area (Å²) in [6, 6.07) is 4.24. The molecule has 8 nitrogen and oxygen atoms in total. The lowest BCUT2D eigenvalue weighted by atomic mass is 9.94. The van der Waals surface area contributed by atoms with Gasteiger partial charge in [0.1, 0.15) is 39.6 Å². The van der Waals surface area contributed by atoms with E-state index >= 15 is 0 Å². The molecule has 174 valence electrons. The zero-order chi connectivity index (χ0) is 23.8. The number of halogens is 2. The fraction of sp³-hybridized carbons (Fsp3) is 0.364. The van der Waals surface area contributed by atoms with Gasteiger partial charge in [0.05, 0.1) is 29.4 Å². The number of nitrogens with zero attached hydrogens (tertiary/aromatic N) is 4. The van der Waals surface area contributed by atoms with Crippen LogP contribution < -0.4 is 11.1 Å². The topological polar surface area (TPSA) is 123 Å². The zero-order valence-corrected chi connectivity index (χ0v) is 19.0. The highest BCUT2D eigenvalue weighted by Crippen LogP contribution is 2.35. The van der Waals surface area contributed by atoms with Crippen molar-refractivity contribution in [3.63, 3.8) is 0 Å². The average molecular weight is 475 g/mol. The predicted molar refractivity (Wildman–Crippen MR) is 123 cm³/mol. The highest BCUT2D eigenvalue weighted by atomic mass is 32.2. The number of sulfone groups is 1. The summed E-state index contributed by atoms with van der Waals surface area (Å²) in [5.74, 6) is -1.45. The van der Waals surface area contributed by atoms with Crippen molar-refractivity contribution in [1.82, 2.24) is 15.0 Å². The first-order valence-corrected chi connectivity index (χ1v) is 12.2. The van der Waals surface area contributed by atoms with E-state index in [1.54, 1.807) is 6.07 Å². The molecule has 0 saturated heterocycles. The van der Waals surface area contributed by atoms with Crippen molar-refractivity contribution in [3.05, 3.63) is 54.0 Å². The number of pyridine rings is 3. The van der Waals surface area contributed by atoms with Crippen LogP contribution in [0.15, 0.2) is 41.8 Å². The first kappa shape index (κ1) is 23.0. The van der Waals surface area contributed by atoms with Gasteiger partial charge in [-0.2, -0.15) is 0 Å². The Labute approximate surface area is 190 Å². The lowest BCUT2D eigenvalue weighted by molar-refractivity contribution is 0.484. The number of nitrogens with two attached hydrogens (primary N) is 1. The minimum absolute atomic E-state index is 0.0378. The molecule has 1 fully saturated rings. The van der Waals surface area contributed by atoms with Gasteiger partial charge in [-0.25, -0.2) is 27.2 Å². The van der Waals surface area contributed by atoms with Crippen LogP contribution >= 0.6 is 0 Å². The van der Waals surface area contributed by atoms with Gasteiger partial charge in [-0.05, 0) is 26.0 Å². The third-order valence-electron chi connectivity index (χ3n) is 5.41. The quantitative estimate of drug-likeness (QED) is 0.594. The maximum atomic E-state index is 14.7. The molecule has 3 N–H and O–H groups in total. The molecular formula is C22H24F2N6O2S. The Morgan fingerprint density at radius 1 is 1.12 bits per heavy atom. The van der Waals surface area contributed by atoms with Gasteiger partial charge in [0, 0.05) is 17.8 Å². The standard InChI is InChI=1S/C19H18F2N6O2S.C3H6/c1-10-18(22)27-19(2,9-30(10,28)29)12-6-16(24-8-13(12)21)26-14-3-4-23-15-5-11(20)7-25-17(14)15;1-2-3-1/h3-8,10H,9H2,1-2H3,(H2,22,27)(H,23,24,26);1-3H2/t10?,19-;/m0./s1. The maximum absolute atomic E-state index is 14.7. The molecule has 2 aliphatic rings. The molecule has 2 atom stereocenters. The summed E-state index contributed by atoms with van der Waals surface area (Å²) in [5, 5.41) is 2.07. The molecule has 11 heteroatoms. The van der Waals surface area contributed by atoms with Crippen LogP contribution in [0.2, 0.25) is 0 Å². The molecule has 1 aliphatic carbocycles. The first-order chi connectivity index (χ1) is 15.6. The molecule has 0 bridgehead atoms. The molecule has 3 aromatic heterocycles. The van der Waals surface area contributed by atoms with E-state index < -0.39 is 32.3 Å². The van der Waals surface area contributed by atoms with E-state index in [1.807, 2.05) is 0 Å². The van der Waals surface area contributed by atoms with E-state index in [0.717, 1.165) is 12.4 Å². The Kier molecular flexibility index (Phi) is 6.00. The van der Waals surface area contributed by atoms with Gasteiger partial charge in [-0.1, -0.05) is 19.3 Å². The Bertz CT molecular complexity index is 1340. The molecule has 33 heavy (non-hydrogen) atoms. The predicted octanol–water partition coefficient (Wildman–Crippen LogP) is 3.61. The second-order valence-corrected chi connectivity index (χ2v) is 10.7. The van der Waals surface area contributed by atoms with Gasteiger partial charge in [0.25, 0.3) is 0 Å². The fourth-order valence-corrected chi connectivity index (χ4v) is 5.09. The van der Waals surface area contributed by atoms with Crippen molar-refractivity contribution in [2.45, 2.75) is 43.9 Å². The largest absolute Gasteiger partial charge is 0.386 e. The summed E-state index contributed by atoms with van der Waals surface area (Å²) in [7, 11) is -3.60. The van der Waals surface area contributed by atoms with Crippen molar-refractivity contribution >= 4 is 38.2 Å². The smallest absolute Gasteiger partial charge is 0.162 e. The van der Waals surface area contributed by atoms with E-state index in [0.29, 0.717) is 16.7 Å². The van der Waals surface area contributed by atoms with Crippen LogP contribution in [0.5, 0.6) is 0 Å². The number of nitrogens with one attached hydrogen (secondary N) is 1. The maximum Gasteiger partial charge on any atom is 0.162 e. The summed E-state index contributed by atoms with van der Waals surface area (Å²) in [6.07, 6.45) is 8.01. The van der Waals surface area contributed by atoms with E-state index in [-0.39, 0.29) is 23.0 Å². The third-order valence-corrected chi connectivity index (χ3v) is 7.69. The molecule has 0 aromatic carbocycles. The molecule has 1 aliphatic heterocycles. The number of aromatic nitrogens is 3. The summed E-state index contributed by atoms with van der Waals surface area (Å²) in [5.41, 5.74) is 5.66. The molecule has 1 unspecified atom stereocenters. The normalized spacial score (nSPS) is 23.3. The summed E-state index contributed by atoms with van der Waals surface area (Å²) in [6.45, 7) is 2.96. The molecule has 1 saturated carbocycles. The Morgan fingerprint density at radius 2 is 1.85 bits per heavy atom. The fourth-order valence-electron chi connectivity index (χ4n) is 3.41. The van der Waals surface area contributed by atoms with Gasteiger partial charge in [0.15, 0.2) is 9.84 Å². The SMILES string of the molecule is C1CC1.CC1C(N)=N[C@](C)(c2cc(Nc3ccnc4cc(F)cnc34)ncc2F)CS1(=O)=O. The number of fused-ring (bicyclic) bond motifs is 1. The van der Waals surface area contributed by atoms with Gasteiger partial charge in [0.2, 0.25) is 0 Å². The van der Waals surface area contributed by atoms with E-state index in [4.69, 9.17) is 5.73 Å². The molecular weight excluding hydrogens is 450 g/mol. The van der Waals surface area contributed by atoms with Gasteiger partial charge >= 0.3 is 0 Å². The minimum Gasteiger partial charge on any atom is -0.386 e. The monoisotopic (exact) mass is 474 g/mol. The van der Waals surface area contributed by atoms with Crippen LogP contribution in [0.4, 0.5) is 20.3 Å². The van der Waals surface area contributed by atoms with Crippen molar-refractivity contribution in [3.8, 4) is 0 Å². The van der Waals surface area contributed by atoms with Crippen LogP contribution in [-0.2, 0) is 15.4 Å². The lowest BCUT2D eigenvalue weighted by Crippen LogP contribution is -2.47. The van der Waals surface area contributed by atoms with Crippen molar-refractivity contribution in [1.29, 1.82) is 0 Å². The van der Waals surface area contributed by atoms with E-state index in [2.05, 4.69) is 25.3 Å². The molecule has 0 amide bonds. The van der Waals surface area contributed by atoms with Gasteiger partial charge in [-0.3, -0.25) is 9.98 Å². The average Bonchev–Trinajstić information content (AvgIpc) is 3.62. The summed E-state index contributed by atoms with van der Waals surface area (Å²) >= 11 is 0. The second kappa shape index (κ2) is 8.62. The Balaban J connectivity index is 0.000000799. The third kappa shape index (κ3) is 4.92. The van der Waals surface area contributed by atoms with E-state index in [1.165, 1.54) is 51.4 Å². The number of aliphatic imine (C=N–C) groups is 1. The Hall–Kier alpha value is -3.21. The molecule has 0 spiro atoms. The number of anilines is 2. The van der Waals surface area contributed by atoms with Crippen molar-refractivity contribution in [2.75, 3.05) is 11.1 Å². The van der Waals surface area contributed by atoms with Gasteiger partial charge in [-0.15, -0.1) is 0 Å². The Morgan fingerprint density at radius 3 is 2.52 bits per heavy atom. The summed E-state index contributed by atoms with van der Waals surface area (Å²) < 4.78 is 53.0.